The van der Waals surface area contributed by atoms with E-state index in [0.29, 0.717) is 16.6 Å². The summed E-state index contributed by atoms with van der Waals surface area (Å²) in [5.41, 5.74) is 0.647. The molecule has 1 N–H and O–H groups in total. The van der Waals surface area contributed by atoms with Gasteiger partial charge in [-0.15, -0.1) is 10.2 Å². The van der Waals surface area contributed by atoms with Crippen molar-refractivity contribution in [2.45, 2.75) is 10.1 Å². The van der Waals surface area contributed by atoms with E-state index < -0.39 is 0 Å². The van der Waals surface area contributed by atoms with Gasteiger partial charge in [0.05, 0.1) is 5.75 Å². The molecule has 2 aromatic heterocycles. The van der Waals surface area contributed by atoms with Crippen molar-refractivity contribution >= 4 is 33.9 Å². The van der Waals surface area contributed by atoms with Crippen LogP contribution in [0.4, 0.5) is 15.2 Å². The first-order valence-corrected chi connectivity index (χ1v) is 7.84. The van der Waals surface area contributed by atoms with E-state index in [1.807, 2.05) is 0 Å². The molecule has 5 nitrogen and oxygen atoms in total. The lowest BCUT2D eigenvalue weighted by Gasteiger charge is -2.00. The van der Waals surface area contributed by atoms with E-state index in [4.69, 9.17) is 0 Å². The summed E-state index contributed by atoms with van der Waals surface area (Å²) in [7, 11) is 0. The molecule has 0 aliphatic carbocycles. The molecular formula is C13H10FN5S2. The third-order valence-electron chi connectivity index (χ3n) is 2.43. The molecule has 0 bridgehead atoms. The van der Waals surface area contributed by atoms with Crippen LogP contribution in [0.5, 0.6) is 0 Å². The molecule has 21 heavy (non-hydrogen) atoms. The second kappa shape index (κ2) is 6.59. The van der Waals surface area contributed by atoms with Crippen molar-refractivity contribution < 1.29 is 4.39 Å². The van der Waals surface area contributed by atoms with Crippen LogP contribution in [0.1, 0.15) is 5.82 Å². The largest absolute Gasteiger partial charge is 0.330 e. The number of halogens is 1. The number of benzene rings is 1. The van der Waals surface area contributed by atoms with Crippen molar-refractivity contribution in [2.24, 2.45) is 0 Å². The van der Waals surface area contributed by atoms with E-state index in [1.54, 1.807) is 30.6 Å². The number of rotatable bonds is 5. The summed E-state index contributed by atoms with van der Waals surface area (Å²) < 4.78 is 13.9. The lowest BCUT2D eigenvalue weighted by atomic mass is 10.3. The van der Waals surface area contributed by atoms with Crippen LogP contribution in [0.2, 0.25) is 0 Å². The molecule has 0 saturated carbocycles. The second-order valence-electron chi connectivity index (χ2n) is 3.96. The topological polar surface area (TPSA) is 63.6 Å². The summed E-state index contributed by atoms with van der Waals surface area (Å²) in [6, 6.07) is 7.99. The molecule has 1 aromatic carbocycles. The molecule has 2 heterocycles. The monoisotopic (exact) mass is 319 g/mol. The summed E-state index contributed by atoms with van der Waals surface area (Å²) in [5, 5.41) is 11.7. The zero-order chi connectivity index (χ0) is 14.5. The van der Waals surface area contributed by atoms with Gasteiger partial charge in [0, 0.05) is 18.1 Å². The molecule has 0 aliphatic heterocycles. The quantitative estimate of drug-likeness (QED) is 0.726. The Bertz CT molecular complexity index is 719. The van der Waals surface area contributed by atoms with Gasteiger partial charge in [-0.1, -0.05) is 29.2 Å². The van der Waals surface area contributed by atoms with Gasteiger partial charge in [-0.05, 0) is 24.3 Å². The minimum atomic E-state index is -0.291. The number of hydrogen-bond donors (Lipinski definition) is 1. The first-order chi connectivity index (χ1) is 10.3. The molecule has 0 amide bonds. The summed E-state index contributed by atoms with van der Waals surface area (Å²) in [6.07, 6.45) is 3.42. The number of nitrogens with zero attached hydrogens (tertiary/aromatic N) is 4. The first-order valence-electron chi connectivity index (χ1n) is 6.04. The molecule has 106 valence electrons. The maximum absolute atomic E-state index is 13.1. The third-order valence-corrected chi connectivity index (χ3v) is 4.39. The number of nitrogens with one attached hydrogen (secondary N) is 1. The van der Waals surface area contributed by atoms with Gasteiger partial charge >= 0.3 is 0 Å². The van der Waals surface area contributed by atoms with Crippen LogP contribution in [0.15, 0.2) is 47.1 Å². The van der Waals surface area contributed by atoms with Gasteiger partial charge in [0.2, 0.25) is 5.13 Å². The maximum Gasteiger partial charge on any atom is 0.210 e. The van der Waals surface area contributed by atoms with Crippen LogP contribution in [0.25, 0.3) is 0 Å². The van der Waals surface area contributed by atoms with Crippen molar-refractivity contribution in [3.05, 3.63) is 54.4 Å². The van der Waals surface area contributed by atoms with Gasteiger partial charge in [-0.2, -0.15) is 0 Å². The highest BCUT2D eigenvalue weighted by molar-refractivity contribution is 8.00. The van der Waals surface area contributed by atoms with Gasteiger partial charge in [-0.25, -0.2) is 14.4 Å². The standard InChI is InChI=1S/C13H10FN5S2/c14-9-3-1-4-10(7-9)17-12-18-19-13(21-12)20-8-11-15-5-2-6-16-11/h1-7H,8H2,(H,17,18). The SMILES string of the molecule is Fc1cccc(Nc2nnc(SCc3ncccn3)s2)c1. The molecule has 0 saturated heterocycles. The molecular weight excluding hydrogens is 309 g/mol. The Morgan fingerprint density at radius 3 is 2.81 bits per heavy atom. The van der Waals surface area contributed by atoms with Gasteiger partial charge in [0.15, 0.2) is 4.34 Å². The molecule has 0 unspecified atom stereocenters. The van der Waals surface area contributed by atoms with E-state index in [1.165, 1.54) is 35.2 Å². The average Bonchev–Trinajstić information content (AvgIpc) is 2.94. The van der Waals surface area contributed by atoms with Gasteiger partial charge in [-0.3, -0.25) is 0 Å². The lowest BCUT2D eigenvalue weighted by Crippen LogP contribution is -1.89. The summed E-state index contributed by atoms with van der Waals surface area (Å²) in [5.74, 6) is 1.09. The Morgan fingerprint density at radius 1 is 1.14 bits per heavy atom. The fraction of sp³-hybridized carbons (Fsp3) is 0.0769. The number of thioether (sulfide) groups is 1. The predicted octanol–water partition coefficient (Wildman–Crippen LogP) is 3.50. The minimum absolute atomic E-state index is 0.291. The second-order valence-corrected chi connectivity index (χ2v) is 6.16. The minimum Gasteiger partial charge on any atom is -0.330 e. The Labute approximate surface area is 128 Å². The molecule has 0 spiro atoms. The van der Waals surface area contributed by atoms with Crippen molar-refractivity contribution in [1.29, 1.82) is 0 Å². The molecule has 3 aromatic rings. The van der Waals surface area contributed by atoms with Crippen molar-refractivity contribution in [3.63, 3.8) is 0 Å². The summed E-state index contributed by atoms with van der Waals surface area (Å²) in [6.45, 7) is 0. The van der Waals surface area contributed by atoms with E-state index in [-0.39, 0.29) is 5.82 Å². The molecule has 3 rings (SSSR count). The van der Waals surface area contributed by atoms with Crippen molar-refractivity contribution in [2.75, 3.05) is 5.32 Å². The zero-order valence-electron chi connectivity index (χ0n) is 10.7. The Kier molecular flexibility index (Phi) is 4.37. The van der Waals surface area contributed by atoms with E-state index in [9.17, 15) is 4.39 Å². The third kappa shape index (κ3) is 3.96. The van der Waals surface area contributed by atoms with Crippen LogP contribution < -0.4 is 5.32 Å². The van der Waals surface area contributed by atoms with E-state index in [2.05, 4.69) is 25.5 Å². The normalized spacial score (nSPS) is 10.5. The highest BCUT2D eigenvalue weighted by Gasteiger charge is 2.06. The smallest absolute Gasteiger partial charge is 0.210 e. The fourth-order valence-corrected chi connectivity index (χ4v) is 3.19. The zero-order valence-corrected chi connectivity index (χ0v) is 12.4. The maximum atomic E-state index is 13.1. The molecule has 0 radical (unpaired) electrons. The Balaban J connectivity index is 1.61. The summed E-state index contributed by atoms with van der Waals surface area (Å²) >= 11 is 2.92. The van der Waals surface area contributed by atoms with Gasteiger partial charge < -0.3 is 5.32 Å². The first kappa shape index (κ1) is 13.9. The predicted molar refractivity (Wildman–Crippen MR) is 81.2 cm³/mol. The number of anilines is 2. The number of aromatic nitrogens is 4. The molecule has 0 atom stereocenters. The van der Waals surface area contributed by atoms with E-state index >= 15 is 0 Å². The van der Waals surface area contributed by atoms with Crippen LogP contribution in [-0.4, -0.2) is 20.2 Å². The van der Waals surface area contributed by atoms with E-state index in [0.717, 1.165) is 10.2 Å². The van der Waals surface area contributed by atoms with Crippen LogP contribution in [0, 0.1) is 5.82 Å². The van der Waals surface area contributed by atoms with Crippen molar-refractivity contribution in [3.8, 4) is 0 Å². The molecule has 0 fully saturated rings. The fourth-order valence-electron chi connectivity index (χ4n) is 1.54. The Morgan fingerprint density at radius 2 is 2.00 bits per heavy atom. The van der Waals surface area contributed by atoms with Gasteiger partial charge in [0.1, 0.15) is 11.6 Å². The average molecular weight is 319 g/mol. The lowest BCUT2D eigenvalue weighted by molar-refractivity contribution is 0.628. The van der Waals surface area contributed by atoms with Gasteiger partial charge in [0.25, 0.3) is 0 Å². The number of hydrogen-bond acceptors (Lipinski definition) is 7. The molecule has 8 heteroatoms. The Hall–Kier alpha value is -2.06. The van der Waals surface area contributed by atoms with Crippen LogP contribution in [-0.2, 0) is 5.75 Å². The van der Waals surface area contributed by atoms with Crippen LogP contribution >= 0.6 is 23.1 Å². The highest BCUT2D eigenvalue weighted by Crippen LogP contribution is 2.29. The highest BCUT2D eigenvalue weighted by atomic mass is 32.2. The molecule has 0 aliphatic rings. The van der Waals surface area contributed by atoms with Crippen LogP contribution in [0.3, 0.4) is 0 Å². The van der Waals surface area contributed by atoms with Crippen molar-refractivity contribution in [1.82, 2.24) is 20.2 Å². The summed E-state index contributed by atoms with van der Waals surface area (Å²) in [4.78, 5) is 8.29.